The highest BCUT2D eigenvalue weighted by molar-refractivity contribution is 8.01. The van der Waals surface area contributed by atoms with Crippen molar-refractivity contribution in [1.82, 2.24) is 15.5 Å². The first-order chi connectivity index (χ1) is 10.7. The molecule has 1 amide bonds. The maximum atomic E-state index is 12.0. The number of rotatable bonds is 5. The molecule has 2 aromatic rings. The van der Waals surface area contributed by atoms with Crippen LogP contribution in [0.4, 0.5) is 0 Å². The summed E-state index contributed by atoms with van der Waals surface area (Å²) in [5.41, 5.74) is 5.79. The molecule has 1 heterocycles. The van der Waals surface area contributed by atoms with Crippen LogP contribution in [0.25, 0.3) is 0 Å². The summed E-state index contributed by atoms with van der Waals surface area (Å²) in [4.78, 5) is 12.0. The number of carbonyl (C=O) groups is 1. The van der Waals surface area contributed by atoms with Crippen molar-refractivity contribution in [3.63, 3.8) is 0 Å². The van der Waals surface area contributed by atoms with Crippen LogP contribution in [0, 0.1) is 0 Å². The van der Waals surface area contributed by atoms with Crippen molar-refractivity contribution < 1.29 is 4.79 Å². The van der Waals surface area contributed by atoms with Crippen molar-refractivity contribution >= 4 is 29.0 Å². The molecule has 1 N–H and O–H groups in total. The number of nitrogens with zero attached hydrogens (tertiary/aromatic N) is 2. The number of carbonyl (C=O) groups excluding carboxylic acids is 1. The van der Waals surface area contributed by atoms with Crippen LogP contribution in [0.1, 0.15) is 42.5 Å². The molecule has 6 heteroatoms. The molecule has 0 spiro atoms. The van der Waals surface area contributed by atoms with E-state index in [0.29, 0.717) is 5.75 Å². The van der Waals surface area contributed by atoms with E-state index in [4.69, 9.17) is 0 Å². The Labute approximate surface area is 138 Å². The molecule has 116 valence electrons. The fraction of sp³-hybridized carbons (Fsp3) is 0.438. The lowest BCUT2D eigenvalue weighted by molar-refractivity contribution is -0.119. The van der Waals surface area contributed by atoms with E-state index in [1.807, 2.05) is 6.92 Å². The number of aryl methyl sites for hydroxylation is 2. The molecule has 0 radical (unpaired) electrons. The minimum Gasteiger partial charge on any atom is -0.349 e. The van der Waals surface area contributed by atoms with Gasteiger partial charge in [0.05, 0.1) is 11.8 Å². The van der Waals surface area contributed by atoms with E-state index < -0.39 is 0 Å². The molecule has 1 unspecified atom stereocenters. The van der Waals surface area contributed by atoms with E-state index in [-0.39, 0.29) is 11.9 Å². The Hall–Kier alpha value is -1.40. The molecule has 0 aliphatic heterocycles. The summed E-state index contributed by atoms with van der Waals surface area (Å²) in [5, 5.41) is 10.8. The van der Waals surface area contributed by atoms with Crippen molar-refractivity contribution in [2.45, 2.75) is 43.0 Å². The Bertz CT molecular complexity index is 643. The predicted octanol–water partition coefficient (Wildman–Crippen LogP) is 3.39. The third-order valence-electron chi connectivity index (χ3n) is 3.92. The number of hydrogen-bond donors (Lipinski definition) is 1. The largest absolute Gasteiger partial charge is 0.349 e. The van der Waals surface area contributed by atoms with Gasteiger partial charge in [-0.1, -0.05) is 41.3 Å². The number of thioether (sulfide) groups is 1. The Morgan fingerprint density at radius 3 is 2.95 bits per heavy atom. The maximum absolute atomic E-state index is 12.0. The van der Waals surface area contributed by atoms with Gasteiger partial charge >= 0.3 is 0 Å². The molecule has 0 saturated carbocycles. The highest BCUT2D eigenvalue weighted by atomic mass is 32.2. The Morgan fingerprint density at radius 1 is 1.36 bits per heavy atom. The Kier molecular flexibility index (Phi) is 5.10. The Morgan fingerprint density at radius 2 is 2.18 bits per heavy atom. The first kappa shape index (κ1) is 15.5. The zero-order valence-corrected chi connectivity index (χ0v) is 14.2. The van der Waals surface area contributed by atoms with E-state index in [2.05, 4.69) is 33.7 Å². The van der Waals surface area contributed by atoms with E-state index in [1.165, 1.54) is 59.1 Å². The van der Waals surface area contributed by atoms with E-state index >= 15 is 0 Å². The highest BCUT2D eigenvalue weighted by Crippen LogP contribution is 2.25. The number of benzene rings is 1. The van der Waals surface area contributed by atoms with E-state index in [1.54, 1.807) is 5.51 Å². The summed E-state index contributed by atoms with van der Waals surface area (Å²) in [5.74, 6) is 0.412. The molecule has 1 aromatic heterocycles. The molecule has 3 rings (SSSR count). The summed E-state index contributed by atoms with van der Waals surface area (Å²) in [7, 11) is 0. The van der Waals surface area contributed by atoms with Crippen molar-refractivity contribution in [3.8, 4) is 0 Å². The molecule has 0 bridgehead atoms. The van der Waals surface area contributed by atoms with Crippen LogP contribution in [-0.4, -0.2) is 21.9 Å². The molecule has 0 saturated heterocycles. The summed E-state index contributed by atoms with van der Waals surface area (Å²) >= 11 is 2.88. The van der Waals surface area contributed by atoms with Crippen molar-refractivity contribution in [2.24, 2.45) is 0 Å². The van der Waals surface area contributed by atoms with Gasteiger partial charge in [0.2, 0.25) is 5.91 Å². The lowest BCUT2D eigenvalue weighted by Crippen LogP contribution is -2.28. The molecule has 1 aromatic carbocycles. The second kappa shape index (κ2) is 7.24. The van der Waals surface area contributed by atoms with Crippen molar-refractivity contribution in [3.05, 3.63) is 40.4 Å². The summed E-state index contributed by atoms with van der Waals surface area (Å²) < 4.78 is 0.830. The quantitative estimate of drug-likeness (QED) is 0.852. The summed E-state index contributed by atoms with van der Waals surface area (Å²) in [6.07, 6.45) is 4.92. The lowest BCUT2D eigenvalue weighted by atomic mass is 9.89. The third-order valence-corrected chi connectivity index (χ3v) is 5.78. The van der Waals surface area contributed by atoms with Gasteiger partial charge < -0.3 is 5.32 Å². The zero-order chi connectivity index (χ0) is 15.4. The summed E-state index contributed by atoms with van der Waals surface area (Å²) in [6.45, 7) is 2.04. The molecular weight excluding hydrogens is 314 g/mol. The van der Waals surface area contributed by atoms with Crippen LogP contribution in [0.5, 0.6) is 0 Å². The monoisotopic (exact) mass is 333 g/mol. The van der Waals surface area contributed by atoms with Crippen LogP contribution >= 0.6 is 23.1 Å². The fourth-order valence-electron chi connectivity index (χ4n) is 2.74. The molecular formula is C16H19N3OS2. The van der Waals surface area contributed by atoms with Crippen LogP contribution in [0.3, 0.4) is 0 Å². The van der Waals surface area contributed by atoms with Gasteiger partial charge in [0.25, 0.3) is 0 Å². The first-order valence-corrected chi connectivity index (χ1v) is 9.39. The van der Waals surface area contributed by atoms with Crippen LogP contribution in [0.15, 0.2) is 28.0 Å². The van der Waals surface area contributed by atoms with Gasteiger partial charge in [-0.15, -0.1) is 10.2 Å². The number of fused-ring (bicyclic) bond motifs is 1. The van der Waals surface area contributed by atoms with Crippen molar-refractivity contribution in [2.75, 3.05) is 5.75 Å². The molecule has 1 aliphatic carbocycles. The second-order valence-corrected chi connectivity index (χ2v) is 7.57. The van der Waals surface area contributed by atoms with Gasteiger partial charge in [0, 0.05) is 0 Å². The number of nitrogens with one attached hydrogen (secondary N) is 1. The standard InChI is InChI=1S/C16H19N3OS2/c1-11(18-15(20)9-21-16-19-17-10-22-16)13-7-6-12-4-2-3-5-14(12)8-13/h6-8,10-11H,2-5,9H2,1H3,(H,18,20). The Balaban J connectivity index is 1.56. The van der Waals surface area contributed by atoms with Gasteiger partial charge in [-0.25, -0.2) is 0 Å². The number of aromatic nitrogens is 2. The predicted molar refractivity (Wildman–Crippen MR) is 90.3 cm³/mol. The molecule has 1 atom stereocenters. The topological polar surface area (TPSA) is 54.9 Å². The maximum Gasteiger partial charge on any atom is 0.230 e. The molecule has 1 aliphatic rings. The van der Waals surface area contributed by atoms with E-state index in [9.17, 15) is 4.79 Å². The average molecular weight is 333 g/mol. The zero-order valence-electron chi connectivity index (χ0n) is 12.5. The fourth-order valence-corrected chi connectivity index (χ4v) is 4.04. The molecule has 22 heavy (non-hydrogen) atoms. The second-order valence-electron chi connectivity index (χ2n) is 5.52. The number of amides is 1. The number of hydrogen-bond acceptors (Lipinski definition) is 5. The average Bonchev–Trinajstić information content (AvgIpc) is 3.06. The minimum absolute atomic E-state index is 0.0328. The van der Waals surface area contributed by atoms with Crippen LogP contribution in [0.2, 0.25) is 0 Å². The highest BCUT2D eigenvalue weighted by Gasteiger charge is 2.14. The van der Waals surface area contributed by atoms with Gasteiger partial charge in [0.1, 0.15) is 5.51 Å². The third kappa shape index (κ3) is 3.87. The van der Waals surface area contributed by atoms with Crippen molar-refractivity contribution in [1.29, 1.82) is 0 Å². The normalized spacial score (nSPS) is 15.1. The first-order valence-electron chi connectivity index (χ1n) is 7.52. The molecule has 4 nitrogen and oxygen atoms in total. The van der Waals surface area contributed by atoms with Crippen LogP contribution < -0.4 is 5.32 Å². The van der Waals surface area contributed by atoms with Crippen LogP contribution in [-0.2, 0) is 17.6 Å². The smallest absolute Gasteiger partial charge is 0.230 e. The van der Waals surface area contributed by atoms with Gasteiger partial charge in [-0.05, 0) is 49.3 Å². The lowest BCUT2D eigenvalue weighted by Gasteiger charge is -2.20. The van der Waals surface area contributed by atoms with Gasteiger partial charge in [0.15, 0.2) is 4.34 Å². The summed E-state index contributed by atoms with van der Waals surface area (Å²) in [6, 6.07) is 6.67. The van der Waals surface area contributed by atoms with E-state index in [0.717, 1.165) is 10.8 Å². The molecule has 0 fully saturated rings. The van der Waals surface area contributed by atoms with Gasteiger partial charge in [-0.3, -0.25) is 4.79 Å². The van der Waals surface area contributed by atoms with Gasteiger partial charge in [-0.2, -0.15) is 0 Å². The minimum atomic E-state index is 0.0328. The SMILES string of the molecule is CC(NC(=O)CSc1nncs1)c1ccc2c(c1)CCCC2.